The van der Waals surface area contributed by atoms with Crippen LogP contribution in [0.4, 0.5) is 5.69 Å². The third-order valence-corrected chi connectivity index (χ3v) is 15.0. The van der Waals surface area contributed by atoms with E-state index in [0.717, 1.165) is 30.8 Å². The maximum absolute atomic E-state index is 13.3. The van der Waals surface area contributed by atoms with Gasteiger partial charge in [0.1, 0.15) is 11.5 Å². The summed E-state index contributed by atoms with van der Waals surface area (Å²) in [7, 11) is -2.00. The maximum atomic E-state index is 13.3. The molecule has 0 saturated heterocycles. The highest BCUT2D eigenvalue weighted by Gasteiger charge is 2.54. The van der Waals surface area contributed by atoms with Crippen molar-refractivity contribution in [3.05, 3.63) is 58.7 Å². The molecule has 0 amide bonds. The van der Waals surface area contributed by atoms with Gasteiger partial charge in [0.25, 0.3) is 8.32 Å². The van der Waals surface area contributed by atoms with Crippen molar-refractivity contribution in [2.75, 3.05) is 11.9 Å². The summed E-state index contributed by atoms with van der Waals surface area (Å²) < 4.78 is 7.00. The van der Waals surface area contributed by atoms with Gasteiger partial charge in [0.05, 0.1) is 5.41 Å². The summed E-state index contributed by atoms with van der Waals surface area (Å²) in [5, 5.41) is 3.54. The second-order valence-electron chi connectivity index (χ2n) is 11.7. The first-order valence-corrected chi connectivity index (χ1v) is 15.3. The number of benzene rings is 2. The molecule has 1 N–H and O–H groups in total. The molecule has 4 rings (SSSR count). The first-order valence-electron chi connectivity index (χ1n) is 13.2. The van der Waals surface area contributed by atoms with Gasteiger partial charge in [-0.25, -0.2) is 0 Å². The second-order valence-corrected chi connectivity index (χ2v) is 17.1. The van der Waals surface area contributed by atoms with E-state index in [-0.39, 0.29) is 5.41 Å². The van der Waals surface area contributed by atoms with Crippen LogP contribution in [0.2, 0.25) is 16.6 Å². The van der Waals surface area contributed by atoms with E-state index in [2.05, 4.69) is 97.1 Å². The monoisotopic (exact) mass is 477 g/mol. The van der Waals surface area contributed by atoms with E-state index < -0.39 is 8.32 Å². The first-order chi connectivity index (χ1) is 16.0. The SMILES string of the molecule is Cc1cc(O[Si](C(C)C)(C(C)C)C(C)C)cc(C)c1CC1CCC(=O)C12CNc1ccccc12. The molecule has 184 valence electrons. The van der Waals surface area contributed by atoms with Crippen LogP contribution in [0.5, 0.6) is 5.75 Å². The first kappa shape index (κ1) is 25.0. The number of aryl methyl sites for hydroxylation is 2. The molecule has 1 fully saturated rings. The van der Waals surface area contributed by atoms with Crippen LogP contribution in [-0.2, 0) is 16.6 Å². The van der Waals surface area contributed by atoms with Gasteiger partial charge in [0.15, 0.2) is 0 Å². The van der Waals surface area contributed by atoms with Gasteiger partial charge in [0, 0.05) is 18.7 Å². The van der Waals surface area contributed by atoms with Crippen molar-refractivity contribution >= 4 is 19.8 Å². The topological polar surface area (TPSA) is 38.3 Å². The minimum absolute atomic E-state index is 0.329. The van der Waals surface area contributed by atoms with Crippen LogP contribution < -0.4 is 9.74 Å². The van der Waals surface area contributed by atoms with Crippen molar-refractivity contribution in [2.45, 2.75) is 96.7 Å². The maximum Gasteiger partial charge on any atom is 0.258 e. The Kier molecular flexibility index (Phi) is 6.76. The van der Waals surface area contributed by atoms with Crippen LogP contribution in [0.3, 0.4) is 0 Å². The lowest BCUT2D eigenvalue weighted by Gasteiger charge is -2.42. The Balaban J connectivity index is 1.66. The van der Waals surface area contributed by atoms with Gasteiger partial charge >= 0.3 is 0 Å². The zero-order chi connectivity index (χ0) is 24.8. The van der Waals surface area contributed by atoms with Crippen molar-refractivity contribution in [2.24, 2.45) is 5.92 Å². The fourth-order valence-corrected chi connectivity index (χ4v) is 12.6. The third kappa shape index (κ3) is 3.82. The largest absolute Gasteiger partial charge is 0.543 e. The lowest BCUT2D eigenvalue weighted by Crippen LogP contribution is -2.50. The molecular weight excluding hydrogens is 434 g/mol. The molecule has 3 nitrogen and oxygen atoms in total. The molecule has 0 radical (unpaired) electrons. The molecule has 2 aromatic rings. The summed E-state index contributed by atoms with van der Waals surface area (Å²) in [6.07, 6.45) is 2.60. The average Bonchev–Trinajstić information content (AvgIpc) is 3.30. The van der Waals surface area contributed by atoms with Crippen LogP contribution in [-0.4, -0.2) is 20.6 Å². The Morgan fingerprint density at radius 3 is 2.18 bits per heavy atom. The van der Waals surface area contributed by atoms with E-state index >= 15 is 0 Å². The Morgan fingerprint density at radius 2 is 1.59 bits per heavy atom. The second kappa shape index (κ2) is 9.18. The highest BCUT2D eigenvalue weighted by atomic mass is 28.4. The number of Topliss-reactive ketones (excluding diaryl/α,β-unsaturated/α-hetero) is 1. The van der Waals surface area contributed by atoms with Crippen LogP contribution in [0, 0.1) is 19.8 Å². The lowest BCUT2D eigenvalue weighted by atomic mass is 9.70. The number of carbonyl (C=O) groups excluding carboxylic acids is 1. The van der Waals surface area contributed by atoms with E-state index in [1.165, 1.54) is 22.3 Å². The summed E-state index contributed by atoms with van der Waals surface area (Å²) in [5.74, 6) is 1.77. The molecule has 0 bridgehead atoms. The number of fused-ring (bicyclic) bond motifs is 2. The van der Waals surface area contributed by atoms with E-state index in [0.29, 0.717) is 34.7 Å². The summed E-state index contributed by atoms with van der Waals surface area (Å²) >= 11 is 0. The molecule has 2 aromatic carbocycles. The van der Waals surface area contributed by atoms with Gasteiger partial charge in [0.2, 0.25) is 0 Å². The number of anilines is 1. The van der Waals surface area contributed by atoms with Gasteiger partial charge in [-0.3, -0.25) is 4.79 Å². The molecule has 1 heterocycles. The summed E-state index contributed by atoms with van der Waals surface area (Å²) in [5.41, 5.74) is 7.59. The predicted octanol–water partition coefficient (Wildman–Crippen LogP) is 7.74. The molecule has 2 aliphatic rings. The minimum Gasteiger partial charge on any atom is -0.543 e. The Morgan fingerprint density at radius 1 is 1.00 bits per heavy atom. The Hall–Kier alpha value is -2.07. The number of hydrogen-bond donors (Lipinski definition) is 1. The lowest BCUT2D eigenvalue weighted by molar-refractivity contribution is -0.122. The van der Waals surface area contributed by atoms with Crippen LogP contribution in [0.15, 0.2) is 36.4 Å². The molecule has 2 atom stereocenters. The summed E-state index contributed by atoms with van der Waals surface area (Å²) in [6, 6.07) is 12.9. The van der Waals surface area contributed by atoms with E-state index in [1.54, 1.807) is 0 Å². The average molecular weight is 478 g/mol. The molecule has 0 aromatic heterocycles. The smallest absolute Gasteiger partial charge is 0.258 e. The standard InChI is InChI=1S/C30H43NO2Si/c1-19(2)34(20(3)4,21(5)6)33-25-15-22(7)26(23(8)16-25)17-24-13-14-29(32)30(24)18-31-28-12-10-9-11-27(28)30/h9-12,15-16,19-21,24,31H,13-14,17-18H2,1-8H3. The fraction of sp³-hybridized carbons (Fsp3) is 0.567. The molecule has 1 aliphatic heterocycles. The molecular formula is C30H43NO2Si. The Labute approximate surface area is 207 Å². The van der Waals surface area contributed by atoms with Gasteiger partial charge in [-0.05, 0) is 89.7 Å². The van der Waals surface area contributed by atoms with Gasteiger partial charge in [-0.15, -0.1) is 0 Å². The van der Waals surface area contributed by atoms with Gasteiger partial charge < -0.3 is 9.74 Å². The molecule has 1 aliphatic carbocycles. The van der Waals surface area contributed by atoms with Crippen molar-refractivity contribution in [3.63, 3.8) is 0 Å². The third-order valence-electron chi connectivity index (χ3n) is 9.00. The highest BCUT2D eigenvalue weighted by molar-refractivity contribution is 6.78. The molecule has 2 unspecified atom stereocenters. The quantitative estimate of drug-likeness (QED) is 0.414. The normalized spacial score (nSPS) is 22.2. The number of ketones is 1. The molecule has 4 heteroatoms. The van der Waals surface area contributed by atoms with E-state index in [1.807, 2.05) is 0 Å². The van der Waals surface area contributed by atoms with Crippen LogP contribution in [0.1, 0.15) is 76.6 Å². The van der Waals surface area contributed by atoms with Crippen molar-refractivity contribution in [1.29, 1.82) is 0 Å². The molecule has 1 spiro atoms. The zero-order valence-corrected chi connectivity index (χ0v) is 23.4. The number of hydrogen-bond acceptors (Lipinski definition) is 3. The van der Waals surface area contributed by atoms with E-state index in [9.17, 15) is 4.79 Å². The summed E-state index contributed by atoms with van der Waals surface area (Å²) in [6.45, 7) is 19.2. The van der Waals surface area contributed by atoms with Gasteiger partial charge in [-0.2, -0.15) is 0 Å². The van der Waals surface area contributed by atoms with Crippen molar-refractivity contribution in [3.8, 4) is 5.75 Å². The molecule has 1 saturated carbocycles. The predicted molar refractivity (Wildman–Crippen MR) is 146 cm³/mol. The number of rotatable bonds is 7. The van der Waals surface area contributed by atoms with E-state index in [4.69, 9.17) is 4.43 Å². The summed E-state index contributed by atoms with van der Waals surface area (Å²) in [4.78, 5) is 13.3. The van der Waals surface area contributed by atoms with Gasteiger partial charge in [-0.1, -0.05) is 59.7 Å². The minimum atomic E-state index is -2.00. The molecule has 34 heavy (non-hydrogen) atoms. The zero-order valence-electron chi connectivity index (χ0n) is 22.4. The van der Waals surface area contributed by atoms with Crippen molar-refractivity contribution in [1.82, 2.24) is 0 Å². The number of nitrogens with one attached hydrogen (secondary N) is 1. The van der Waals surface area contributed by atoms with Crippen molar-refractivity contribution < 1.29 is 9.22 Å². The van der Waals surface area contributed by atoms with Crippen LogP contribution in [0.25, 0.3) is 0 Å². The highest BCUT2D eigenvalue weighted by Crippen LogP contribution is 2.51. The number of carbonyl (C=O) groups is 1. The van der Waals surface area contributed by atoms with Crippen LogP contribution >= 0.6 is 0 Å². The fourth-order valence-electron chi connectivity index (χ4n) is 7.39. The Bertz CT molecular complexity index is 1030. The number of para-hydroxylation sites is 1.